The summed E-state index contributed by atoms with van der Waals surface area (Å²) in [6.45, 7) is 0.523. The summed E-state index contributed by atoms with van der Waals surface area (Å²) in [5.41, 5.74) is 5.89. The number of hydrogen-bond acceptors (Lipinski definition) is 4. The van der Waals surface area contributed by atoms with Crippen LogP contribution in [0.1, 0.15) is 5.01 Å². The first-order valence-electron chi connectivity index (χ1n) is 4.68. The number of benzene rings is 1. The van der Waals surface area contributed by atoms with Crippen molar-refractivity contribution < 1.29 is 4.39 Å². The van der Waals surface area contributed by atoms with E-state index in [4.69, 9.17) is 5.73 Å². The first-order valence-corrected chi connectivity index (χ1v) is 6.29. The van der Waals surface area contributed by atoms with Crippen LogP contribution in [0.5, 0.6) is 0 Å². The molecule has 0 aliphatic carbocycles. The van der Waals surface area contributed by atoms with Gasteiger partial charge >= 0.3 is 0 Å². The van der Waals surface area contributed by atoms with Gasteiger partial charge in [-0.15, -0.1) is 10.2 Å². The van der Waals surface area contributed by atoms with Gasteiger partial charge in [0, 0.05) is 16.5 Å². The van der Waals surface area contributed by atoms with E-state index in [0.29, 0.717) is 23.5 Å². The fourth-order valence-corrected chi connectivity index (χ4v) is 2.48. The summed E-state index contributed by atoms with van der Waals surface area (Å²) < 4.78 is 14.4. The Morgan fingerprint density at radius 1 is 1.38 bits per heavy atom. The molecule has 0 atom stereocenters. The van der Waals surface area contributed by atoms with Crippen molar-refractivity contribution in [3.63, 3.8) is 0 Å². The van der Waals surface area contributed by atoms with Crippen LogP contribution >= 0.6 is 27.3 Å². The van der Waals surface area contributed by atoms with Gasteiger partial charge in [0.15, 0.2) is 5.01 Å². The van der Waals surface area contributed by atoms with E-state index in [-0.39, 0.29) is 5.82 Å². The van der Waals surface area contributed by atoms with Crippen molar-refractivity contribution in [3.8, 4) is 10.6 Å². The van der Waals surface area contributed by atoms with Crippen LogP contribution in [0.3, 0.4) is 0 Å². The molecule has 0 radical (unpaired) electrons. The molecule has 1 heterocycles. The lowest BCUT2D eigenvalue weighted by Gasteiger charge is -1.98. The molecule has 0 amide bonds. The topological polar surface area (TPSA) is 51.8 Å². The predicted molar refractivity (Wildman–Crippen MR) is 65.8 cm³/mol. The van der Waals surface area contributed by atoms with E-state index in [9.17, 15) is 4.39 Å². The van der Waals surface area contributed by atoms with Crippen LogP contribution in [0.15, 0.2) is 22.7 Å². The average Bonchev–Trinajstić information content (AvgIpc) is 2.71. The lowest BCUT2D eigenvalue weighted by Crippen LogP contribution is -2.01. The van der Waals surface area contributed by atoms with Gasteiger partial charge in [-0.1, -0.05) is 27.3 Å². The molecule has 2 aromatic rings. The molecule has 0 saturated heterocycles. The highest BCUT2D eigenvalue weighted by molar-refractivity contribution is 9.10. The maximum Gasteiger partial charge on any atom is 0.150 e. The minimum absolute atomic E-state index is 0.293. The Labute approximate surface area is 105 Å². The van der Waals surface area contributed by atoms with Crippen molar-refractivity contribution in [2.75, 3.05) is 6.54 Å². The summed E-state index contributed by atoms with van der Waals surface area (Å²) in [6.07, 6.45) is 0.674. The molecule has 0 fully saturated rings. The van der Waals surface area contributed by atoms with Crippen molar-refractivity contribution in [2.24, 2.45) is 5.73 Å². The molecule has 3 nitrogen and oxygen atoms in total. The predicted octanol–water partition coefficient (Wildman–Crippen LogP) is 2.61. The molecule has 84 valence electrons. The van der Waals surface area contributed by atoms with Crippen LogP contribution in [0, 0.1) is 5.82 Å². The van der Waals surface area contributed by atoms with Crippen molar-refractivity contribution in [3.05, 3.63) is 33.5 Å². The van der Waals surface area contributed by atoms with Gasteiger partial charge in [0.25, 0.3) is 0 Å². The largest absolute Gasteiger partial charge is 0.330 e. The van der Waals surface area contributed by atoms with Crippen LogP contribution in [0.25, 0.3) is 10.6 Å². The molecule has 0 bridgehead atoms. The molecule has 0 aliphatic heterocycles. The molecule has 16 heavy (non-hydrogen) atoms. The highest BCUT2D eigenvalue weighted by Gasteiger charge is 2.11. The number of nitrogens with zero attached hydrogens (tertiary/aromatic N) is 2. The fraction of sp³-hybridized carbons (Fsp3) is 0.200. The molecule has 2 rings (SSSR count). The third kappa shape index (κ3) is 2.45. The monoisotopic (exact) mass is 301 g/mol. The molecule has 0 spiro atoms. The Morgan fingerprint density at radius 3 is 2.94 bits per heavy atom. The van der Waals surface area contributed by atoms with Crippen molar-refractivity contribution >= 4 is 27.3 Å². The Hall–Kier alpha value is -0.850. The Balaban J connectivity index is 2.38. The van der Waals surface area contributed by atoms with Gasteiger partial charge in [0.2, 0.25) is 0 Å². The maximum atomic E-state index is 13.5. The molecule has 0 unspecified atom stereocenters. The highest BCUT2D eigenvalue weighted by atomic mass is 79.9. The van der Waals surface area contributed by atoms with Crippen molar-refractivity contribution in [2.45, 2.75) is 6.42 Å². The highest BCUT2D eigenvalue weighted by Crippen LogP contribution is 2.28. The van der Waals surface area contributed by atoms with Crippen LogP contribution in [0.2, 0.25) is 0 Å². The molecular formula is C10H9BrFN3S. The number of rotatable bonds is 3. The minimum Gasteiger partial charge on any atom is -0.330 e. The molecule has 1 aromatic heterocycles. The number of nitrogens with two attached hydrogens (primary N) is 1. The summed E-state index contributed by atoms with van der Waals surface area (Å²) in [5, 5.41) is 9.33. The van der Waals surface area contributed by atoms with E-state index in [1.54, 1.807) is 12.1 Å². The molecule has 1 aromatic carbocycles. The summed E-state index contributed by atoms with van der Waals surface area (Å²) >= 11 is 4.67. The molecule has 0 aliphatic rings. The average molecular weight is 302 g/mol. The number of aromatic nitrogens is 2. The molecule has 0 saturated carbocycles. The first-order chi connectivity index (χ1) is 7.70. The zero-order valence-electron chi connectivity index (χ0n) is 8.28. The number of hydrogen-bond donors (Lipinski definition) is 1. The fourth-order valence-electron chi connectivity index (χ4n) is 1.25. The Morgan fingerprint density at radius 2 is 2.19 bits per heavy atom. The van der Waals surface area contributed by atoms with Gasteiger partial charge in [0.1, 0.15) is 10.8 Å². The third-order valence-corrected chi connectivity index (χ3v) is 3.49. The minimum atomic E-state index is -0.293. The quantitative estimate of drug-likeness (QED) is 0.948. The van der Waals surface area contributed by atoms with Gasteiger partial charge in [-0.2, -0.15) is 0 Å². The van der Waals surface area contributed by atoms with E-state index in [1.165, 1.54) is 17.4 Å². The second kappa shape index (κ2) is 4.99. The van der Waals surface area contributed by atoms with E-state index < -0.39 is 0 Å². The smallest absolute Gasteiger partial charge is 0.150 e. The second-order valence-corrected chi connectivity index (χ2v) is 5.14. The van der Waals surface area contributed by atoms with Crippen LogP contribution in [-0.4, -0.2) is 16.7 Å². The summed E-state index contributed by atoms with van der Waals surface area (Å²) in [7, 11) is 0. The Bertz CT molecular complexity index is 501. The van der Waals surface area contributed by atoms with E-state index >= 15 is 0 Å². The second-order valence-electron chi connectivity index (χ2n) is 3.16. The standard InChI is InChI=1S/C10H9BrFN3S/c11-6-1-2-8(12)7(5-6)10-15-14-9(16-10)3-4-13/h1-2,5H,3-4,13H2. The number of halogens is 2. The molecule has 2 N–H and O–H groups in total. The van der Waals surface area contributed by atoms with Crippen LogP contribution in [-0.2, 0) is 6.42 Å². The van der Waals surface area contributed by atoms with E-state index in [0.717, 1.165) is 9.48 Å². The summed E-state index contributed by atoms with van der Waals surface area (Å²) in [5.74, 6) is -0.293. The lowest BCUT2D eigenvalue weighted by molar-refractivity contribution is 0.630. The third-order valence-electron chi connectivity index (χ3n) is 1.98. The van der Waals surface area contributed by atoms with Gasteiger partial charge in [0.05, 0.1) is 0 Å². The van der Waals surface area contributed by atoms with E-state index in [2.05, 4.69) is 26.1 Å². The molecular weight excluding hydrogens is 293 g/mol. The SMILES string of the molecule is NCCc1nnc(-c2cc(Br)ccc2F)s1. The Kier molecular flexibility index (Phi) is 3.63. The van der Waals surface area contributed by atoms with Gasteiger partial charge in [-0.3, -0.25) is 0 Å². The van der Waals surface area contributed by atoms with Crippen molar-refractivity contribution in [1.82, 2.24) is 10.2 Å². The maximum absolute atomic E-state index is 13.5. The van der Waals surface area contributed by atoms with Gasteiger partial charge < -0.3 is 5.73 Å². The first kappa shape index (κ1) is 11.6. The van der Waals surface area contributed by atoms with Gasteiger partial charge in [-0.25, -0.2) is 4.39 Å². The van der Waals surface area contributed by atoms with Gasteiger partial charge in [-0.05, 0) is 24.7 Å². The normalized spacial score (nSPS) is 10.7. The summed E-state index contributed by atoms with van der Waals surface area (Å²) in [6, 6.07) is 4.76. The van der Waals surface area contributed by atoms with Crippen LogP contribution < -0.4 is 5.73 Å². The zero-order chi connectivity index (χ0) is 11.5. The lowest BCUT2D eigenvalue weighted by atomic mass is 10.2. The van der Waals surface area contributed by atoms with Crippen molar-refractivity contribution in [1.29, 1.82) is 0 Å². The molecule has 6 heteroatoms. The van der Waals surface area contributed by atoms with Crippen LogP contribution in [0.4, 0.5) is 4.39 Å². The zero-order valence-corrected chi connectivity index (χ0v) is 10.7. The summed E-state index contributed by atoms with van der Waals surface area (Å²) in [4.78, 5) is 0. The van der Waals surface area contributed by atoms with E-state index in [1.807, 2.05) is 0 Å².